The van der Waals surface area contributed by atoms with E-state index in [1.54, 1.807) is 32.0 Å². The monoisotopic (exact) mass is 402 g/mol. The van der Waals surface area contributed by atoms with Gasteiger partial charge in [0.2, 0.25) is 5.43 Å². The van der Waals surface area contributed by atoms with Crippen LogP contribution in [-0.2, 0) is 6.54 Å². The van der Waals surface area contributed by atoms with E-state index < -0.39 is 5.91 Å². The van der Waals surface area contributed by atoms with Gasteiger partial charge in [0.15, 0.2) is 0 Å². The largest absolute Gasteiger partial charge is 0.361 e. The fourth-order valence-corrected chi connectivity index (χ4v) is 2.66. The molecule has 2 N–H and O–H groups in total. The Morgan fingerprint density at radius 1 is 1.23 bits per heavy atom. The van der Waals surface area contributed by atoms with Crippen LogP contribution >= 0.6 is 39.1 Å². The Balaban J connectivity index is 2.21. The van der Waals surface area contributed by atoms with Crippen molar-refractivity contribution < 1.29 is 4.79 Å². The minimum atomic E-state index is -0.439. The number of aryl methyl sites for hydroxylation is 2. The first-order valence-electron chi connectivity index (χ1n) is 6.42. The van der Waals surface area contributed by atoms with Gasteiger partial charge in [-0.05, 0) is 47.5 Å². The minimum Gasteiger partial charge on any atom is -0.361 e. The zero-order valence-corrected chi connectivity index (χ0v) is 15.0. The van der Waals surface area contributed by atoms with Crippen LogP contribution < -0.4 is 10.7 Å². The fraction of sp³-hybridized carbons (Fsp3) is 0.200. The normalized spacial score (nSPS) is 10.6. The number of carbonyl (C=O) groups excluding carboxylic acids is 1. The predicted octanol–water partition coefficient (Wildman–Crippen LogP) is 3.99. The summed E-state index contributed by atoms with van der Waals surface area (Å²) in [5, 5.41) is 3.58. The number of halogens is 3. The molecule has 0 aliphatic rings. The van der Waals surface area contributed by atoms with E-state index in [1.165, 1.54) is 0 Å². The van der Waals surface area contributed by atoms with E-state index in [-0.39, 0.29) is 17.5 Å². The molecule has 0 unspecified atom stereocenters. The average molecular weight is 404 g/mol. The number of carbonyl (C=O) groups is 1. The Hall–Kier alpha value is -1.30. The van der Waals surface area contributed by atoms with E-state index in [9.17, 15) is 9.59 Å². The summed E-state index contributed by atoms with van der Waals surface area (Å²) in [6.07, 6.45) is 0. The molecule has 0 fully saturated rings. The maximum atomic E-state index is 12.3. The number of hydrogen-bond donors (Lipinski definition) is 2. The Labute approximate surface area is 146 Å². The maximum Gasteiger partial charge on any atom is 0.257 e. The van der Waals surface area contributed by atoms with Crippen molar-refractivity contribution in [2.45, 2.75) is 20.4 Å². The molecule has 2 aromatic rings. The molecular formula is C15H13BrCl2N2O2. The molecule has 1 aromatic heterocycles. The quantitative estimate of drug-likeness (QED) is 0.813. The highest BCUT2D eigenvalue weighted by atomic mass is 79.9. The number of aromatic nitrogens is 1. The summed E-state index contributed by atoms with van der Waals surface area (Å²) in [7, 11) is 0. The van der Waals surface area contributed by atoms with Gasteiger partial charge >= 0.3 is 0 Å². The lowest BCUT2D eigenvalue weighted by molar-refractivity contribution is 0.0948. The summed E-state index contributed by atoms with van der Waals surface area (Å²) < 4.78 is 0.359. The SMILES string of the molecule is Cc1[nH]c(C)c(C(=O)NCc2ccc(Cl)c(Cl)c2)c(=O)c1Br. The van der Waals surface area contributed by atoms with Gasteiger partial charge in [0.05, 0.1) is 14.5 Å². The highest BCUT2D eigenvalue weighted by Gasteiger charge is 2.17. The molecule has 0 spiro atoms. The van der Waals surface area contributed by atoms with Crippen LogP contribution in [0.1, 0.15) is 27.3 Å². The molecule has 0 saturated heterocycles. The number of nitrogens with one attached hydrogen (secondary N) is 2. The lowest BCUT2D eigenvalue weighted by atomic mass is 10.1. The third-order valence-corrected chi connectivity index (χ3v) is 4.86. The van der Waals surface area contributed by atoms with E-state index in [0.29, 0.717) is 25.9 Å². The van der Waals surface area contributed by atoms with Gasteiger partial charge in [-0.2, -0.15) is 0 Å². The minimum absolute atomic E-state index is 0.0949. The highest BCUT2D eigenvalue weighted by Crippen LogP contribution is 2.22. The summed E-state index contributed by atoms with van der Waals surface area (Å²) in [5.41, 5.74) is 1.77. The van der Waals surface area contributed by atoms with Crippen molar-refractivity contribution in [1.29, 1.82) is 0 Å². The van der Waals surface area contributed by atoms with Gasteiger partial charge in [0.1, 0.15) is 5.56 Å². The molecule has 1 amide bonds. The second kappa shape index (κ2) is 6.86. The number of benzene rings is 1. The predicted molar refractivity (Wildman–Crippen MR) is 91.9 cm³/mol. The Kier molecular flexibility index (Phi) is 5.32. The molecule has 2 rings (SSSR count). The highest BCUT2D eigenvalue weighted by molar-refractivity contribution is 9.10. The van der Waals surface area contributed by atoms with Gasteiger partial charge in [-0.1, -0.05) is 29.3 Å². The number of pyridine rings is 1. The summed E-state index contributed by atoms with van der Waals surface area (Å²) in [4.78, 5) is 27.5. The third kappa shape index (κ3) is 3.54. The van der Waals surface area contributed by atoms with E-state index in [1.807, 2.05) is 0 Å². The van der Waals surface area contributed by atoms with E-state index in [2.05, 4.69) is 26.2 Å². The molecule has 22 heavy (non-hydrogen) atoms. The smallest absolute Gasteiger partial charge is 0.257 e. The lowest BCUT2D eigenvalue weighted by Crippen LogP contribution is -2.30. The maximum absolute atomic E-state index is 12.3. The van der Waals surface area contributed by atoms with Crippen LogP contribution in [0.2, 0.25) is 10.0 Å². The van der Waals surface area contributed by atoms with Crippen LogP contribution in [0.5, 0.6) is 0 Å². The molecule has 0 atom stereocenters. The molecule has 0 aliphatic carbocycles. The molecular weight excluding hydrogens is 391 g/mol. The molecule has 0 saturated carbocycles. The molecule has 0 radical (unpaired) electrons. The number of aromatic amines is 1. The van der Waals surface area contributed by atoms with Crippen LogP contribution in [0, 0.1) is 13.8 Å². The number of hydrogen-bond acceptors (Lipinski definition) is 2. The van der Waals surface area contributed by atoms with Gasteiger partial charge in [0.25, 0.3) is 5.91 Å². The van der Waals surface area contributed by atoms with Crippen LogP contribution in [0.4, 0.5) is 0 Å². The van der Waals surface area contributed by atoms with Crippen molar-refractivity contribution in [2.24, 2.45) is 0 Å². The van der Waals surface area contributed by atoms with Crippen molar-refractivity contribution in [1.82, 2.24) is 10.3 Å². The summed E-state index contributed by atoms with van der Waals surface area (Å²) in [5.74, 6) is -0.439. The van der Waals surface area contributed by atoms with Gasteiger partial charge in [0, 0.05) is 17.9 Å². The first-order chi connectivity index (χ1) is 10.3. The average Bonchev–Trinajstić information content (AvgIpc) is 2.46. The second-order valence-electron chi connectivity index (χ2n) is 4.82. The topological polar surface area (TPSA) is 62.0 Å². The third-order valence-electron chi connectivity index (χ3n) is 3.17. The van der Waals surface area contributed by atoms with E-state index >= 15 is 0 Å². The Morgan fingerprint density at radius 3 is 2.55 bits per heavy atom. The van der Waals surface area contributed by atoms with E-state index in [4.69, 9.17) is 23.2 Å². The Bertz CT molecular complexity index is 803. The zero-order valence-electron chi connectivity index (χ0n) is 11.9. The fourth-order valence-electron chi connectivity index (χ4n) is 2.04. The molecule has 0 bridgehead atoms. The second-order valence-corrected chi connectivity index (χ2v) is 6.43. The first kappa shape index (κ1) is 17.1. The molecule has 116 valence electrons. The molecule has 7 heteroatoms. The Morgan fingerprint density at radius 2 is 1.91 bits per heavy atom. The number of H-pyrrole nitrogens is 1. The molecule has 1 heterocycles. The van der Waals surface area contributed by atoms with Crippen LogP contribution in [0.25, 0.3) is 0 Å². The zero-order chi connectivity index (χ0) is 16.4. The van der Waals surface area contributed by atoms with Gasteiger partial charge in [-0.15, -0.1) is 0 Å². The van der Waals surface area contributed by atoms with Crippen LogP contribution in [0.3, 0.4) is 0 Å². The molecule has 4 nitrogen and oxygen atoms in total. The lowest BCUT2D eigenvalue weighted by Gasteiger charge is -2.10. The number of amides is 1. The van der Waals surface area contributed by atoms with Crippen molar-refractivity contribution in [3.8, 4) is 0 Å². The van der Waals surface area contributed by atoms with Gasteiger partial charge in [-0.25, -0.2) is 0 Å². The van der Waals surface area contributed by atoms with Crippen molar-refractivity contribution in [3.63, 3.8) is 0 Å². The van der Waals surface area contributed by atoms with Crippen molar-refractivity contribution in [2.75, 3.05) is 0 Å². The van der Waals surface area contributed by atoms with E-state index in [0.717, 1.165) is 5.56 Å². The summed E-state index contributed by atoms with van der Waals surface area (Å²) in [6.45, 7) is 3.70. The standard InChI is InChI=1S/C15H13BrCl2N2O2/c1-7-12(14(21)13(16)8(2)20-7)15(22)19-6-9-3-4-10(17)11(18)5-9/h3-5H,6H2,1-2H3,(H,19,22)(H,20,21). The van der Waals surface area contributed by atoms with Gasteiger partial charge < -0.3 is 10.3 Å². The van der Waals surface area contributed by atoms with Crippen LogP contribution in [-0.4, -0.2) is 10.9 Å². The first-order valence-corrected chi connectivity index (χ1v) is 7.97. The van der Waals surface area contributed by atoms with Gasteiger partial charge in [-0.3, -0.25) is 9.59 Å². The summed E-state index contributed by atoms with van der Waals surface area (Å²) >= 11 is 15.0. The molecule has 1 aromatic carbocycles. The van der Waals surface area contributed by atoms with Crippen molar-refractivity contribution >= 4 is 45.0 Å². The number of rotatable bonds is 3. The molecule has 0 aliphatic heterocycles. The summed E-state index contributed by atoms with van der Waals surface area (Å²) in [6, 6.07) is 5.09. The van der Waals surface area contributed by atoms with Crippen LogP contribution in [0.15, 0.2) is 27.5 Å². The van der Waals surface area contributed by atoms with Crippen molar-refractivity contribution in [3.05, 3.63) is 65.5 Å².